The lowest BCUT2D eigenvalue weighted by Gasteiger charge is -2.11. The molecule has 1 atom stereocenters. The van der Waals surface area contributed by atoms with E-state index in [1.807, 2.05) is 0 Å². The number of hydrogen-bond donors (Lipinski definition) is 1. The van der Waals surface area contributed by atoms with Gasteiger partial charge in [-0.1, -0.05) is 19.1 Å². The lowest BCUT2D eigenvalue weighted by atomic mass is 10.1. The van der Waals surface area contributed by atoms with E-state index in [2.05, 4.69) is 6.92 Å². The zero-order valence-electron chi connectivity index (χ0n) is 8.46. The molecule has 0 heterocycles. The monoisotopic (exact) mass is 214 g/mol. The predicted molar refractivity (Wildman–Crippen MR) is 58.0 cm³/mol. The van der Waals surface area contributed by atoms with Gasteiger partial charge in [-0.3, -0.25) is 0 Å². The highest BCUT2D eigenvalue weighted by molar-refractivity contribution is 7.99. The highest BCUT2D eigenvalue weighted by atomic mass is 32.2. The maximum Gasteiger partial charge on any atom is 0.137 e. The molecular weight excluding hydrogens is 199 g/mol. The van der Waals surface area contributed by atoms with Gasteiger partial charge >= 0.3 is 0 Å². The maximum atomic E-state index is 13.4. The summed E-state index contributed by atoms with van der Waals surface area (Å²) in [5.74, 6) is 0.641. The zero-order chi connectivity index (χ0) is 10.6. The van der Waals surface area contributed by atoms with Crippen LogP contribution in [0.4, 0.5) is 4.39 Å². The first-order valence-electron chi connectivity index (χ1n) is 4.76. The van der Waals surface area contributed by atoms with Crippen molar-refractivity contribution in [2.75, 3.05) is 5.75 Å². The first kappa shape index (κ1) is 11.5. The number of thioether (sulfide) groups is 1. The molecule has 0 spiro atoms. The maximum absolute atomic E-state index is 13.4. The van der Waals surface area contributed by atoms with Crippen LogP contribution in [-0.2, 0) is 0 Å². The molecule has 3 heteroatoms. The van der Waals surface area contributed by atoms with Gasteiger partial charge in [0.1, 0.15) is 5.82 Å². The van der Waals surface area contributed by atoms with E-state index < -0.39 is 6.10 Å². The average Bonchev–Trinajstić information content (AvgIpc) is 2.15. The molecule has 0 aromatic heterocycles. The zero-order valence-corrected chi connectivity index (χ0v) is 9.27. The van der Waals surface area contributed by atoms with Crippen LogP contribution in [-0.4, -0.2) is 10.9 Å². The molecule has 0 radical (unpaired) electrons. The number of rotatable bonds is 4. The van der Waals surface area contributed by atoms with Gasteiger partial charge in [-0.05, 0) is 30.7 Å². The number of aliphatic hydroxyl groups is 1. The number of benzene rings is 1. The smallest absolute Gasteiger partial charge is 0.137 e. The molecular formula is C11H15FOS. The molecule has 0 saturated heterocycles. The topological polar surface area (TPSA) is 20.2 Å². The van der Waals surface area contributed by atoms with Crippen molar-refractivity contribution < 1.29 is 9.50 Å². The van der Waals surface area contributed by atoms with Crippen molar-refractivity contribution in [3.05, 3.63) is 29.6 Å². The minimum absolute atomic E-state index is 0.234. The second-order valence-electron chi connectivity index (χ2n) is 3.18. The molecule has 0 aliphatic carbocycles. The highest BCUT2D eigenvalue weighted by Gasteiger charge is 2.11. The SMILES string of the molecule is CCCSc1c(F)cccc1C(C)O. The minimum Gasteiger partial charge on any atom is -0.389 e. The van der Waals surface area contributed by atoms with Gasteiger partial charge in [0.25, 0.3) is 0 Å². The van der Waals surface area contributed by atoms with Crippen molar-refractivity contribution in [1.29, 1.82) is 0 Å². The third-order valence-electron chi connectivity index (χ3n) is 1.90. The largest absolute Gasteiger partial charge is 0.389 e. The van der Waals surface area contributed by atoms with E-state index in [4.69, 9.17) is 0 Å². The Bertz CT molecular complexity index is 299. The Morgan fingerprint density at radius 3 is 2.79 bits per heavy atom. The Morgan fingerprint density at radius 1 is 1.50 bits per heavy atom. The predicted octanol–water partition coefficient (Wildman–Crippen LogP) is 3.38. The summed E-state index contributed by atoms with van der Waals surface area (Å²) in [7, 11) is 0. The number of hydrogen-bond acceptors (Lipinski definition) is 2. The van der Waals surface area contributed by atoms with Crippen molar-refractivity contribution in [3.8, 4) is 0 Å². The Hall–Kier alpha value is -0.540. The molecule has 14 heavy (non-hydrogen) atoms. The second-order valence-corrected chi connectivity index (χ2v) is 4.29. The Balaban J connectivity index is 2.96. The molecule has 0 amide bonds. The molecule has 78 valence electrons. The fourth-order valence-electron chi connectivity index (χ4n) is 1.21. The van der Waals surface area contributed by atoms with Crippen molar-refractivity contribution in [2.24, 2.45) is 0 Å². The van der Waals surface area contributed by atoms with Crippen molar-refractivity contribution in [2.45, 2.75) is 31.3 Å². The molecule has 1 aromatic rings. The van der Waals surface area contributed by atoms with Crippen LogP contribution in [0, 0.1) is 5.82 Å². The van der Waals surface area contributed by atoms with E-state index in [-0.39, 0.29) is 5.82 Å². The van der Waals surface area contributed by atoms with Gasteiger partial charge < -0.3 is 5.11 Å². The molecule has 1 aromatic carbocycles. The van der Waals surface area contributed by atoms with E-state index in [0.29, 0.717) is 10.5 Å². The van der Waals surface area contributed by atoms with Crippen molar-refractivity contribution in [1.82, 2.24) is 0 Å². The Morgan fingerprint density at radius 2 is 2.21 bits per heavy atom. The van der Waals surface area contributed by atoms with Crippen molar-refractivity contribution in [3.63, 3.8) is 0 Å². The summed E-state index contributed by atoms with van der Waals surface area (Å²) < 4.78 is 13.4. The quantitative estimate of drug-likeness (QED) is 0.775. The van der Waals surface area contributed by atoms with Gasteiger partial charge in [-0.15, -0.1) is 11.8 Å². The Labute approximate surface area is 88.3 Å². The molecule has 1 unspecified atom stereocenters. The first-order chi connectivity index (χ1) is 6.66. The van der Waals surface area contributed by atoms with E-state index >= 15 is 0 Å². The van der Waals surface area contributed by atoms with Gasteiger partial charge in [0.2, 0.25) is 0 Å². The van der Waals surface area contributed by atoms with E-state index in [0.717, 1.165) is 12.2 Å². The van der Waals surface area contributed by atoms with Gasteiger partial charge in [-0.25, -0.2) is 4.39 Å². The third-order valence-corrected chi connectivity index (χ3v) is 3.23. The van der Waals surface area contributed by atoms with E-state index in [1.54, 1.807) is 19.1 Å². The number of aliphatic hydroxyl groups excluding tert-OH is 1. The summed E-state index contributed by atoms with van der Waals surface area (Å²) in [6.45, 7) is 3.71. The molecule has 1 nitrogen and oxygen atoms in total. The number of halogens is 1. The van der Waals surface area contributed by atoms with E-state index in [1.165, 1.54) is 17.8 Å². The van der Waals surface area contributed by atoms with Gasteiger partial charge in [0.05, 0.1) is 6.10 Å². The fraction of sp³-hybridized carbons (Fsp3) is 0.455. The second kappa shape index (κ2) is 5.37. The lowest BCUT2D eigenvalue weighted by molar-refractivity contribution is 0.195. The minimum atomic E-state index is -0.606. The van der Waals surface area contributed by atoms with Gasteiger partial charge in [-0.2, -0.15) is 0 Å². The third kappa shape index (κ3) is 2.72. The first-order valence-corrected chi connectivity index (χ1v) is 5.74. The van der Waals surface area contributed by atoms with Gasteiger partial charge in [0, 0.05) is 4.90 Å². The lowest BCUT2D eigenvalue weighted by Crippen LogP contribution is -1.97. The van der Waals surface area contributed by atoms with Crippen molar-refractivity contribution >= 4 is 11.8 Å². The van der Waals surface area contributed by atoms with Crippen LogP contribution >= 0.6 is 11.8 Å². The summed E-state index contributed by atoms with van der Waals surface area (Å²) >= 11 is 1.47. The molecule has 1 N–H and O–H groups in total. The summed E-state index contributed by atoms with van der Waals surface area (Å²) in [6.07, 6.45) is 0.392. The summed E-state index contributed by atoms with van der Waals surface area (Å²) in [5, 5.41) is 9.45. The Kier molecular flexibility index (Phi) is 4.42. The molecule has 1 rings (SSSR count). The fourth-order valence-corrected chi connectivity index (χ4v) is 2.23. The summed E-state index contributed by atoms with van der Waals surface area (Å²) in [6, 6.07) is 4.84. The summed E-state index contributed by atoms with van der Waals surface area (Å²) in [5.41, 5.74) is 0.684. The van der Waals surface area contributed by atoms with Crippen LogP contribution in [0.5, 0.6) is 0 Å². The normalized spacial score (nSPS) is 12.9. The van der Waals surface area contributed by atoms with Crippen LogP contribution in [0.25, 0.3) is 0 Å². The summed E-state index contributed by atoms with van der Waals surface area (Å²) in [4.78, 5) is 0.587. The van der Waals surface area contributed by atoms with E-state index in [9.17, 15) is 9.50 Å². The van der Waals surface area contributed by atoms with Crippen LogP contribution < -0.4 is 0 Å². The van der Waals surface area contributed by atoms with Crippen LogP contribution in [0.1, 0.15) is 31.9 Å². The molecule has 0 aliphatic rings. The standard InChI is InChI=1S/C11H15FOS/c1-3-7-14-11-9(8(2)13)5-4-6-10(11)12/h4-6,8,13H,3,7H2,1-2H3. The molecule has 0 saturated carbocycles. The van der Waals surface area contributed by atoms with Crippen LogP contribution in [0.2, 0.25) is 0 Å². The average molecular weight is 214 g/mol. The van der Waals surface area contributed by atoms with Crippen LogP contribution in [0.3, 0.4) is 0 Å². The van der Waals surface area contributed by atoms with Crippen LogP contribution in [0.15, 0.2) is 23.1 Å². The molecule has 0 bridgehead atoms. The highest BCUT2D eigenvalue weighted by Crippen LogP contribution is 2.30. The van der Waals surface area contributed by atoms with Gasteiger partial charge in [0.15, 0.2) is 0 Å². The molecule has 0 aliphatic heterocycles. The molecule has 0 fully saturated rings.